The van der Waals surface area contributed by atoms with Gasteiger partial charge in [0.1, 0.15) is 11.7 Å². The molecule has 2 aromatic rings. The molecular formula is C33H41N3O7. The van der Waals surface area contributed by atoms with Gasteiger partial charge in [-0.1, -0.05) is 37.6 Å². The number of amides is 1. The molecule has 230 valence electrons. The first-order valence-electron chi connectivity index (χ1n) is 14.9. The van der Waals surface area contributed by atoms with Gasteiger partial charge in [-0.2, -0.15) is 0 Å². The van der Waals surface area contributed by atoms with Gasteiger partial charge in [-0.05, 0) is 68.5 Å². The molecule has 0 heterocycles. The highest BCUT2D eigenvalue weighted by Gasteiger charge is 2.69. The van der Waals surface area contributed by atoms with E-state index in [0.717, 1.165) is 30.5 Å². The summed E-state index contributed by atoms with van der Waals surface area (Å²) in [5.41, 5.74) is 6.41. The lowest BCUT2D eigenvalue weighted by molar-refractivity contribution is -0.190. The van der Waals surface area contributed by atoms with Gasteiger partial charge < -0.3 is 30.9 Å². The zero-order valence-electron chi connectivity index (χ0n) is 25.3. The molecule has 5 rings (SSSR count). The van der Waals surface area contributed by atoms with E-state index in [0.29, 0.717) is 16.7 Å². The molecule has 0 saturated heterocycles. The van der Waals surface area contributed by atoms with Crippen LogP contribution in [0.1, 0.15) is 47.7 Å². The largest absolute Gasteiger partial charge is 0.507 e. The SMILES string of the molecule is CCCCc1ccc(-c2cc(N(C)C)c3c(c2O)C(=O)C2C(=O)[C@@]4(O)C(=O)C(C(N)=O)C(O)[C@H](N(C)C)[C@H]4C[C@H]2C3)cc1. The van der Waals surface area contributed by atoms with Crippen molar-refractivity contribution in [2.45, 2.75) is 56.8 Å². The fourth-order valence-electron chi connectivity index (χ4n) is 7.72. The number of fused-ring (bicyclic) bond motifs is 3. The van der Waals surface area contributed by atoms with Crippen LogP contribution in [0, 0.1) is 23.7 Å². The number of benzene rings is 2. The van der Waals surface area contributed by atoms with Gasteiger partial charge in [-0.25, -0.2) is 0 Å². The lowest BCUT2D eigenvalue weighted by Crippen LogP contribution is -2.75. The van der Waals surface area contributed by atoms with Crippen LogP contribution in [0.4, 0.5) is 5.69 Å². The number of nitrogens with two attached hydrogens (primary N) is 1. The Bertz CT molecular complexity index is 1480. The third-order valence-electron chi connectivity index (χ3n) is 9.83. The third kappa shape index (κ3) is 4.67. The van der Waals surface area contributed by atoms with E-state index in [2.05, 4.69) is 6.92 Å². The Balaban J connectivity index is 1.63. The average molecular weight is 592 g/mol. The summed E-state index contributed by atoms with van der Waals surface area (Å²) in [5.74, 6) is -9.11. The Morgan fingerprint density at radius 1 is 1.07 bits per heavy atom. The van der Waals surface area contributed by atoms with Crippen LogP contribution in [0.15, 0.2) is 30.3 Å². The maximum Gasteiger partial charge on any atom is 0.230 e. The molecule has 2 fully saturated rings. The van der Waals surface area contributed by atoms with Gasteiger partial charge in [0.2, 0.25) is 5.91 Å². The number of hydrogen-bond acceptors (Lipinski definition) is 9. The van der Waals surface area contributed by atoms with E-state index < -0.39 is 64.7 Å². The van der Waals surface area contributed by atoms with Crippen LogP contribution in [0.2, 0.25) is 0 Å². The maximum atomic E-state index is 14.3. The number of aromatic hydroxyl groups is 1. The number of phenols is 1. The Labute approximate surface area is 251 Å². The highest BCUT2D eigenvalue weighted by atomic mass is 16.3. The summed E-state index contributed by atoms with van der Waals surface area (Å²) < 4.78 is 0. The molecule has 10 nitrogen and oxygen atoms in total. The number of unbranched alkanes of at least 4 members (excludes halogenated alkanes) is 1. The Hall–Kier alpha value is -3.60. The van der Waals surface area contributed by atoms with E-state index in [1.54, 1.807) is 19.0 Å². The molecule has 7 atom stereocenters. The second kappa shape index (κ2) is 11.2. The minimum absolute atomic E-state index is 0.00631. The van der Waals surface area contributed by atoms with Gasteiger partial charge in [-0.3, -0.25) is 19.2 Å². The molecule has 3 aliphatic carbocycles. The Morgan fingerprint density at radius 3 is 2.28 bits per heavy atom. The minimum atomic E-state index is -2.69. The third-order valence-corrected chi connectivity index (χ3v) is 9.83. The van der Waals surface area contributed by atoms with Crippen molar-refractivity contribution in [3.63, 3.8) is 0 Å². The molecule has 3 unspecified atom stereocenters. The molecule has 0 aromatic heterocycles. The Kier molecular flexibility index (Phi) is 8.00. The van der Waals surface area contributed by atoms with E-state index >= 15 is 0 Å². The van der Waals surface area contributed by atoms with Gasteiger partial charge in [0.25, 0.3) is 0 Å². The number of carbonyl (C=O) groups is 4. The molecule has 0 bridgehead atoms. The summed E-state index contributed by atoms with van der Waals surface area (Å²) in [7, 11) is 6.93. The predicted octanol–water partition coefficient (Wildman–Crippen LogP) is 1.73. The number of hydrogen-bond donors (Lipinski definition) is 4. The van der Waals surface area contributed by atoms with E-state index in [-0.39, 0.29) is 24.2 Å². The average Bonchev–Trinajstić information content (AvgIpc) is 2.93. The highest BCUT2D eigenvalue weighted by molar-refractivity contribution is 6.26. The summed E-state index contributed by atoms with van der Waals surface area (Å²) >= 11 is 0. The molecule has 2 saturated carbocycles. The number of carbonyl (C=O) groups excluding carboxylic acids is 4. The smallest absolute Gasteiger partial charge is 0.230 e. The van der Waals surface area contributed by atoms with Crippen LogP contribution in [0.25, 0.3) is 11.1 Å². The maximum absolute atomic E-state index is 14.3. The number of phenolic OH excluding ortho intramolecular Hbond substituents is 1. The minimum Gasteiger partial charge on any atom is -0.507 e. The standard InChI is InChI=1S/C33H41N3O7/c1-6-7-8-16-9-11-17(12-10-16)19-15-22(35(2)3)20-13-18-14-21-26(36(4)5)29(39)25(32(34)42)31(41)33(21,43)30(40)23(18)28(38)24(20)27(19)37/h9-12,15,18,21,23,25-26,29,37,39,43H,6-8,13-14H2,1-5H3,(H2,34,42)/t18-,21-,23?,25?,26-,29?,33-/m1/s1. The number of aryl methyl sites for hydroxylation is 1. The number of nitrogens with zero attached hydrogens (tertiary/aromatic N) is 2. The zero-order chi connectivity index (χ0) is 31.5. The molecule has 0 spiro atoms. The van der Waals surface area contributed by atoms with Crippen molar-refractivity contribution in [2.24, 2.45) is 29.4 Å². The quantitative estimate of drug-likeness (QED) is 0.352. The monoisotopic (exact) mass is 591 g/mol. The fourth-order valence-corrected chi connectivity index (χ4v) is 7.72. The van der Waals surface area contributed by atoms with Crippen molar-refractivity contribution in [1.82, 2.24) is 4.90 Å². The summed E-state index contributed by atoms with van der Waals surface area (Å²) in [6, 6.07) is 8.70. The van der Waals surface area contributed by atoms with Crippen molar-refractivity contribution in [2.75, 3.05) is 33.1 Å². The van der Waals surface area contributed by atoms with Crippen molar-refractivity contribution in [3.05, 3.63) is 47.0 Å². The predicted molar refractivity (Wildman–Crippen MR) is 161 cm³/mol. The van der Waals surface area contributed by atoms with Gasteiger partial charge in [0.15, 0.2) is 23.0 Å². The van der Waals surface area contributed by atoms with Crippen LogP contribution in [-0.2, 0) is 27.2 Å². The molecule has 1 amide bonds. The van der Waals surface area contributed by atoms with E-state index in [1.165, 1.54) is 0 Å². The van der Waals surface area contributed by atoms with Gasteiger partial charge in [0, 0.05) is 37.3 Å². The molecule has 0 aliphatic heterocycles. The second-order valence-electron chi connectivity index (χ2n) is 12.8. The summed E-state index contributed by atoms with van der Waals surface area (Å²) in [5, 5.41) is 34.5. The molecule has 5 N–H and O–H groups in total. The van der Waals surface area contributed by atoms with Crippen LogP contribution in [0.3, 0.4) is 0 Å². The fraction of sp³-hybridized carbons (Fsp3) is 0.515. The lowest BCUT2D eigenvalue weighted by Gasteiger charge is -2.55. The molecule has 2 aromatic carbocycles. The number of rotatable bonds is 7. The topological polar surface area (TPSA) is 161 Å². The second-order valence-corrected chi connectivity index (χ2v) is 12.8. The van der Waals surface area contributed by atoms with Gasteiger partial charge in [0.05, 0.1) is 17.6 Å². The number of aliphatic hydroxyl groups is 2. The number of likely N-dealkylation sites (N-methyl/N-ethyl adjacent to an activating group) is 1. The lowest BCUT2D eigenvalue weighted by atomic mass is 9.52. The highest BCUT2D eigenvalue weighted by Crippen LogP contribution is 2.53. The Morgan fingerprint density at radius 2 is 1.72 bits per heavy atom. The van der Waals surface area contributed by atoms with Crippen molar-refractivity contribution < 1.29 is 34.5 Å². The van der Waals surface area contributed by atoms with E-state index in [4.69, 9.17) is 5.73 Å². The molecule has 3 aliphatic rings. The first kappa shape index (κ1) is 30.8. The normalized spacial score (nSPS) is 30.1. The number of anilines is 1. The van der Waals surface area contributed by atoms with Crippen LogP contribution >= 0.6 is 0 Å². The van der Waals surface area contributed by atoms with Crippen molar-refractivity contribution in [3.8, 4) is 16.9 Å². The van der Waals surface area contributed by atoms with E-state index in [1.807, 2.05) is 49.3 Å². The van der Waals surface area contributed by atoms with Crippen molar-refractivity contribution >= 4 is 28.9 Å². The van der Waals surface area contributed by atoms with Crippen molar-refractivity contribution in [1.29, 1.82) is 0 Å². The zero-order valence-corrected chi connectivity index (χ0v) is 25.3. The number of primary amides is 1. The first-order valence-corrected chi connectivity index (χ1v) is 14.9. The molecule has 10 heteroatoms. The molecule has 0 radical (unpaired) electrons. The summed E-state index contributed by atoms with van der Waals surface area (Å²) in [4.78, 5) is 57.7. The first-order chi connectivity index (χ1) is 20.2. The van der Waals surface area contributed by atoms with Crippen LogP contribution in [-0.4, -0.2) is 89.4 Å². The molecule has 43 heavy (non-hydrogen) atoms. The number of ketones is 3. The van der Waals surface area contributed by atoms with Crippen LogP contribution < -0.4 is 10.6 Å². The summed E-state index contributed by atoms with van der Waals surface area (Å²) in [6.45, 7) is 2.13. The summed E-state index contributed by atoms with van der Waals surface area (Å²) in [6.07, 6.45) is 1.85. The van der Waals surface area contributed by atoms with Crippen LogP contribution in [0.5, 0.6) is 5.75 Å². The van der Waals surface area contributed by atoms with Gasteiger partial charge in [-0.15, -0.1) is 0 Å². The number of aliphatic hydroxyl groups excluding tert-OH is 1. The number of Topliss-reactive ketones (excluding diaryl/α,β-unsaturated/α-hetero) is 3. The van der Waals surface area contributed by atoms with E-state index in [9.17, 15) is 34.5 Å². The van der Waals surface area contributed by atoms with Gasteiger partial charge >= 0.3 is 0 Å². The molecular weight excluding hydrogens is 550 g/mol.